The summed E-state index contributed by atoms with van der Waals surface area (Å²) in [5.41, 5.74) is -0.101. The van der Waals surface area contributed by atoms with E-state index in [1.165, 1.54) is 0 Å². The Balaban J connectivity index is 2.95. The van der Waals surface area contributed by atoms with Crippen LogP contribution in [-0.4, -0.2) is 46.1 Å². The third-order valence-electron chi connectivity index (χ3n) is 3.56. The summed E-state index contributed by atoms with van der Waals surface area (Å²) in [4.78, 5) is 25.0. The third kappa shape index (κ3) is 3.45. The Hall–Kier alpha value is -1.10. The van der Waals surface area contributed by atoms with Crippen molar-refractivity contribution in [2.24, 2.45) is 0 Å². The van der Waals surface area contributed by atoms with E-state index in [1.54, 1.807) is 0 Å². The Bertz CT molecular complexity index is 326. The number of carboxylic acids is 1. The van der Waals surface area contributed by atoms with Crippen LogP contribution in [0.3, 0.4) is 0 Å². The number of carbonyl (C=O) groups is 2. The standard InChI is InChI=1S/C13H24N2O3/c1-9(2)15-10(5-6-11(16)17)12(18)14-8-7-13(15,3)4/h9-10H,5-8H2,1-4H3,(H,14,18)(H,16,17). The van der Waals surface area contributed by atoms with Crippen LogP contribution >= 0.6 is 0 Å². The number of aliphatic carboxylic acids is 1. The molecule has 1 rings (SSSR count). The van der Waals surface area contributed by atoms with Crippen LogP contribution in [0.25, 0.3) is 0 Å². The molecule has 0 aliphatic carbocycles. The summed E-state index contributed by atoms with van der Waals surface area (Å²) < 4.78 is 0. The predicted octanol–water partition coefficient (Wildman–Crippen LogP) is 1.23. The molecule has 0 aromatic carbocycles. The maximum absolute atomic E-state index is 12.1. The molecule has 104 valence electrons. The van der Waals surface area contributed by atoms with Gasteiger partial charge in [0.2, 0.25) is 5.91 Å². The van der Waals surface area contributed by atoms with E-state index >= 15 is 0 Å². The van der Waals surface area contributed by atoms with E-state index in [0.717, 1.165) is 6.42 Å². The molecule has 1 atom stereocenters. The second-order valence-corrected chi connectivity index (χ2v) is 5.80. The molecule has 1 heterocycles. The van der Waals surface area contributed by atoms with Crippen molar-refractivity contribution in [3.05, 3.63) is 0 Å². The maximum Gasteiger partial charge on any atom is 0.303 e. The molecule has 0 spiro atoms. The number of rotatable bonds is 4. The Morgan fingerprint density at radius 2 is 2.17 bits per heavy atom. The second kappa shape index (κ2) is 5.69. The summed E-state index contributed by atoms with van der Waals surface area (Å²) in [5.74, 6) is -0.899. The van der Waals surface area contributed by atoms with Crippen LogP contribution in [0.5, 0.6) is 0 Å². The first-order valence-corrected chi connectivity index (χ1v) is 6.53. The summed E-state index contributed by atoms with van der Waals surface area (Å²) in [7, 11) is 0. The lowest BCUT2D eigenvalue weighted by Crippen LogP contribution is -2.55. The lowest BCUT2D eigenvalue weighted by atomic mass is 9.93. The smallest absolute Gasteiger partial charge is 0.303 e. The molecule has 18 heavy (non-hydrogen) atoms. The van der Waals surface area contributed by atoms with E-state index in [9.17, 15) is 9.59 Å². The number of nitrogens with one attached hydrogen (secondary N) is 1. The van der Waals surface area contributed by atoms with E-state index in [2.05, 4.69) is 24.1 Å². The van der Waals surface area contributed by atoms with E-state index in [4.69, 9.17) is 5.11 Å². The van der Waals surface area contributed by atoms with Crippen molar-refractivity contribution in [3.8, 4) is 0 Å². The summed E-state index contributed by atoms with van der Waals surface area (Å²) in [6.45, 7) is 8.98. The Labute approximate surface area is 109 Å². The molecule has 0 radical (unpaired) electrons. The molecule has 0 bridgehead atoms. The van der Waals surface area contributed by atoms with E-state index < -0.39 is 5.97 Å². The summed E-state index contributed by atoms with van der Waals surface area (Å²) in [5, 5.41) is 11.7. The Kier molecular flexibility index (Phi) is 4.73. The first-order chi connectivity index (χ1) is 8.25. The van der Waals surface area contributed by atoms with Gasteiger partial charge >= 0.3 is 5.97 Å². The lowest BCUT2D eigenvalue weighted by Gasteiger charge is -2.43. The van der Waals surface area contributed by atoms with E-state index in [-0.39, 0.29) is 30.0 Å². The van der Waals surface area contributed by atoms with Gasteiger partial charge in [-0.25, -0.2) is 0 Å². The fourth-order valence-electron chi connectivity index (χ4n) is 2.88. The van der Waals surface area contributed by atoms with Gasteiger partial charge in [0.25, 0.3) is 0 Å². The van der Waals surface area contributed by atoms with Crippen molar-refractivity contribution in [1.29, 1.82) is 0 Å². The minimum atomic E-state index is -0.853. The van der Waals surface area contributed by atoms with Gasteiger partial charge in [-0.05, 0) is 40.5 Å². The largest absolute Gasteiger partial charge is 0.481 e. The quantitative estimate of drug-likeness (QED) is 0.793. The van der Waals surface area contributed by atoms with Gasteiger partial charge in [0.1, 0.15) is 0 Å². The van der Waals surface area contributed by atoms with Gasteiger partial charge in [0, 0.05) is 24.5 Å². The average molecular weight is 256 g/mol. The fraction of sp³-hybridized carbons (Fsp3) is 0.846. The molecule has 1 amide bonds. The second-order valence-electron chi connectivity index (χ2n) is 5.80. The van der Waals surface area contributed by atoms with Crippen LogP contribution in [-0.2, 0) is 9.59 Å². The number of nitrogens with zero attached hydrogens (tertiary/aromatic N) is 1. The molecule has 5 nitrogen and oxygen atoms in total. The summed E-state index contributed by atoms with van der Waals surface area (Å²) in [6, 6.07) is -0.138. The van der Waals surface area contributed by atoms with Gasteiger partial charge in [0.15, 0.2) is 0 Å². The number of carbonyl (C=O) groups excluding carboxylic acids is 1. The molecule has 5 heteroatoms. The topological polar surface area (TPSA) is 69.6 Å². The van der Waals surface area contributed by atoms with Crippen LogP contribution in [0, 0.1) is 0 Å². The van der Waals surface area contributed by atoms with Crippen LogP contribution in [0.1, 0.15) is 47.0 Å². The molecule has 1 fully saturated rings. The van der Waals surface area contributed by atoms with Gasteiger partial charge < -0.3 is 10.4 Å². The normalized spacial score (nSPS) is 24.7. The van der Waals surface area contributed by atoms with E-state index in [1.807, 2.05) is 13.8 Å². The van der Waals surface area contributed by atoms with Gasteiger partial charge in [0.05, 0.1) is 6.04 Å². The Morgan fingerprint density at radius 3 is 2.67 bits per heavy atom. The molecule has 0 saturated carbocycles. The molecule has 1 aliphatic rings. The minimum Gasteiger partial charge on any atom is -0.481 e. The van der Waals surface area contributed by atoms with Crippen molar-refractivity contribution in [1.82, 2.24) is 10.2 Å². The van der Waals surface area contributed by atoms with Crippen LogP contribution in [0.15, 0.2) is 0 Å². The molecule has 0 aromatic rings. The number of hydrogen-bond donors (Lipinski definition) is 2. The number of carboxylic acid groups (broad SMARTS) is 1. The molecular weight excluding hydrogens is 232 g/mol. The predicted molar refractivity (Wildman–Crippen MR) is 69.3 cm³/mol. The number of amides is 1. The van der Waals surface area contributed by atoms with Gasteiger partial charge in [-0.3, -0.25) is 14.5 Å². The zero-order valence-electron chi connectivity index (χ0n) is 11.7. The molecule has 1 saturated heterocycles. The highest BCUT2D eigenvalue weighted by molar-refractivity contribution is 5.82. The number of hydrogen-bond acceptors (Lipinski definition) is 3. The lowest BCUT2D eigenvalue weighted by molar-refractivity contribution is -0.138. The zero-order valence-corrected chi connectivity index (χ0v) is 11.7. The zero-order chi connectivity index (χ0) is 13.9. The van der Waals surface area contributed by atoms with E-state index in [0.29, 0.717) is 13.0 Å². The van der Waals surface area contributed by atoms with Crippen LogP contribution in [0.4, 0.5) is 0 Å². The first kappa shape index (κ1) is 15.0. The van der Waals surface area contributed by atoms with Crippen molar-refractivity contribution >= 4 is 11.9 Å². The van der Waals surface area contributed by atoms with Gasteiger partial charge in [-0.1, -0.05) is 0 Å². The molecular formula is C13H24N2O3. The van der Waals surface area contributed by atoms with Crippen LogP contribution in [0.2, 0.25) is 0 Å². The van der Waals surface area contributed by atoms with Crippen LogP contribution < -0.4 is 5.32 Å². The SMILES string of the molecule is CC(C)N1C(CCC(=O)O)C(=O)NCCC1(C)C. The molecule has 1 aliphatic heterocycles. The van der Waals surface area contributed by atoms with Crippen molar-refractivity contribution in [3.63, 3.8) is 0 Å². The monoisotopic (exact) mass is 256 g/mol. The Morgan fingerprint density at radius 1 is 1.56 bits per heavy atom. The summed E-state index contributed by atoms with van der Waals surface area (Å²) >= 11 is 0. The molecule has 2 N–H and O–H groups in total. The first-order valence-electron chi connectivity index (χ1n) is 6.53. The highest BCUT2D eigenvalue weighted by Crippen LogP contribution is 2.28. The van der Waals surface area contributed by atoms with Gasteiger partial charge in [-0.15, -0.1) is 0 Å². The average Bonchev–Trinajstić information content (AvgIpc) is 2.32. The molecule has 1 unspecified atom stereocenters. The van der Waals surface area contributed by atoms with Crippen molar-refractivity contribution < 1.29 is 14.7 Å². The van der Waals surface area contributed by atoms with Crippen molar-refractivity contribution in [2.45, 2.75) is 64.6 Å². The maximum atomic E-state index is 12.1. The summed E-state index contributed by atoms with van der Waals surface area (Å²) in [6.07, 6.45) is 1.26. The van der Waals surface area contributed by atoms with Gasteiger partial charge in [-0.2, -0.15) is 0 Å². The fourth-order valence-corrected chi connectivity index (χ4v) is 2.88. The highest BCUT2D eigenvalue weighted by Gasteiger charge is 2.40. The van der Waals surface area contributed by atoms with Crippen molar-refractivity contribution in [2.75, 3.05) is 6.54 Å². The molecule has 0 aromatic heterocycles. The third-order valence-corrected chi connectivity index (χ3v) is 3.56. The minimum absolute atomic E-state index is 0.0252. The highest BCUT2D eigenvalue weighted by atomic mass is 16.4.